The molecule has 1 aromatic heterocycles. The zero-order valence-electron chi connectivity index (χ0n) is 17.2. The molecular formula is C24H26BNO3. The van der Waals surface area contributed by atoms with Crippen LogP contribution in [0.4, 0.5) is 0 Å². The molecule has 148 valence electrons. The first-order valence-electron chi connectivity index (χ1n) is 9.85. The quantitative estimate of drug-likeness (QED) is 0.449. The van der Waals surface area contributed by atoms with E-state index >= 15 is 0 Å². The molecule has 0 unspecified atom stereocenters. The first kappa shape index (κ1) is 19.7. The van der Waals surface area contributed by atoms with Gasteiger partial charge in [0.15, 0.2) is 0 Å². The van der Waals surface area contributed by atoms with E-state index in [1.54, 1.807) is 27.7 Å². The maximum Gasteiger partial charge on any atom is 0.493 e. The fourth-order valence-corrected chi connectivity index (χ4v) is 3.46. The molecule has 0 saturated heterocycles. The number of aromatic nitrogens is 1. The number of aliphatic hydroxyl groups is 1. The molecule has 0 aliphatic rings. The molecule has 0 fully saturated rings. The van der Waals surface area contributed by atoms with Crippen LogP contribution in [0.3, 0.4) is 0 Å². The lowest BCUT2D eigenvalue weighted by Gasteiger charge is -2.38. The maximum atomic E-state index is 11.1. The number of rotatable bonds is 5. The van der Waals surface area contributed by atoms with Crippen LogP contribution in [0.15, 0.2) is 66.7 Å². The number of hydrogen-bond acceptors (Lipinski definition) is 3. The molecular weight excluding hydrogens is 361 g/mol. The zero-order valence-corrected chi connectivity index (χ0v) is 17.2. The van der Waals surface area contributed by atoms with Crippen LogP contribution in [-0.4, -0.2) is 33.4 Å². The van der Waals surface area contributed by atoms with Gasteiger partial charge in [0.1, 0.15) is 0 Å². The van der Waals surface area contributed by atoms with Crippen molar-refractivity contribution in [3.63, 3.8) is 0 Å². The Labute approximate surface area is 171 Å². The van der Waals surface area contributed by atoms with Crippen molar-refractivity contribution in [2.24, 2.45) is 0 Å². The van der Waals surface area contributed by atoms with Gasteiger partial charge in [-0.2, -0.15) is 0 Å². The van der Waals surface area contributed by atoms with Gasteiger partial charge in [-0.05, 0) is 51.0 Å². The molecule has 4 aromatic rings. The van der Waals surface area contributed by atoms with Crippen LogP contribution in [0.25, 0.3) is 32.9 Å². The third kappa shape index (κ3) is 3.57. The minimum atomic E-state index is -1.20. The van der Waals surface area contributed by atoms with Gasteiger partial charge in [-0.25, -0.2) is 0 Å². The molecule has 29 heavy (non-hydrogen) atoms. The molecule has 0 bridgehead atoms. The van der Waals surface area contributed by atoms with Gasteiger partial charge in [0.25, 0.3) is 0 Å². The van der Waals surface area contributed by atoms with E-state index in [-0.39, 0.29) is 0 Å². The fourth-order valence-electron chi connectivity index (χ4n) is 3.46. The molecule has 5 heteroatoms. The predicted molar refractivity (Wildman–Crippen MR) is 120 cm³/mol. The molecule has 0 aliphatic heterocycles. The van der Waals surface area contributed by atoms with Crippen LogP contribution in [0.5, 0.6) is 0 Å². The summed E-state index contributed by atoms with van der Waals surface area (Å²) >= 11 is 0. The first-order chi connectivity index (χ1) is 13.7. The lowest BCUT2D eigenvalue weighted by atomic mass is 9.74. The minimum Gasteiger partial charge on any atom is -0.423 e. The number of aromatic amines is 1. The molecule has 0 spiro atoms. The van der Waals surface area contributed by atoms with Crippen molar-refractivity contribution in [3.05, 3.63) is 66.7 Å². The van der Waals surface area contributed by atoms with Crippen molar-refractivity contribution in [2.75, 3.05) is 0 Å². The van der Waals surface area contributed by atoms with Gasteiger partial charge in [-0.3, -0.25) is 0 Å². The Hall–Kier alpha value is -2.60. The first-order valence-corrected chi connectivity index (χ1v) is 9.85. The van der Waals surface area contributed by atoms with Crippen molar-refractivity contribution >= 4 is 34.4 Å². The monoisotopic (exact) mass is 387 g/mol. The van der Waals surface area contributed by atoms with Crippen molar-refractivity contribution in [1.82, 2.24) is 4.98 Å². The highest BCUT2D eigenvalue weighted by molar-refractivity contribution is 6.63. The summed E-state index contributed by atoms with van der Waals surface area (Å²) in [7, 11) is -1.20. The number of para-hydroxylation sites is 1. The molecule has 4 rings (SSSR count). The van der Waals surface area contributed by atoms with Crippen LogP contribution in [0, 0.1) is 0 Å². The average molecular weight is 387 g/mol. The van der Waals surface area contributed by atoms with Crippen LogP contribution < -0.4 is 5.46 Å². The summed E-state index contributed by atoms with van der Waals surface area (Å²) in [5.41, 5.74) is 2.48. The number of benzene rings is 3. The standard InChI is InChI=1S/C24H26BNO3/c1-23(2,27)24(3,4)29-25(28)20-15-17(16-10-6-5-7-11-16)14-19-18-12-8-9-13-21(18)26-22(19)20/h5-15,26-28H,1-4H3. The third-order valence-corrected chi connectivity index (χ3v) is 5.90. The Balaban J connectivity index is 1.92. The van der Waals surface area contributed by atoms with Crippen molar-refractivity contribution < 1.29 is 14.8 Å². The van der Waals surface area contributed by atoms with Gasteiger partial charge in [-0.1, -0.05) is 54.6 Å². The van der Waals surface area contributed by atoms with Crippen LogP contribution in [0.1, 0.15) is 27.7 Å². The van der Waals surface area contributed by atoms with Gasteiger partial charge >= 0.3 is 7.12 Å². The smallest absolute Gasteiger partial charge is 0.423 e. The van der Waals surface area contributed by atoms with E-state index in [1.165, 1.54) is 0 Å². The molecule has 0 saturated carbocycles. The van der Waals surface area contributed by atoms with E-state index in [0.717, 1.165) is 32.9 Å². The summed E-state index contributed by atoms with van der Waals surface area (Å²) in [4.78, 5) is 3.43. The third-order valence-electron chi connectivity index (χ3n) is 5.90. The Morgan fingerprint density at radius 3 is 2.17 bits per heavy atom. The molecule has 1 heterocycles. The lowest BCUT2D eigenvalue weighted by molar-refractivity contribution is -0.0982. The van der Waals surface area contributed by atoms with Gasteiger partial charge in [0, 0.05) is 27.3 Å². The van der Waals surface area contributed by atoms with Gasteiger partial charge in [0.2, 0.25) is 0 Å². The number of hydrogen-bond donors (Lipinski definition) is 3. The van der Waals surface area contributed by atoms with Crippen molar-refractivity contribution in [3.8, 4) is 11.1 Å². The van der Waals surface area contributed by atoms with Crippen molar-refractivity contribution in [2.45, 2.75) is 38.9 Å². The average Bonchev–Trinajstić information content (AvgIpc) is 3.05. The van der Waals surface area contributed by atoms with Gasteiger partial charge < -0.3 is 19.8 Å². The minimum absolute atomic E-state index is 0.648. The summed E-state index contributed by atoms with van der Waals surface area (Å²) in [6, 6.07) is 22.3. The predicted octanol–water partition coefficient (Wildman–Crippen LogP) is 4.24. The largest absolute Gasteiger partial charge is 0.493 e. The highest BCUT2D eigenvalue weighted by atomic mass is 16.5. The number of fused-ring (bicyclic) bond motifs is 3. The van der Waals surface area contributed by atoms with E-state index in [9.17, 15) is 10.1 Å². The summed E-state index contributed by atoms with van der Waals surface area (Å²) in [6.07, 6.45) is 0. The van der Waals surface area contributed by atoms with E-state index < -0.39 is 18.3 Å². The second-order valence-electron chi connectivity index (χ2n) is 8.56. The summed E-state index contributed by atoms with van der Waals surface area (Å²) in [5.74, 6) is 0. The Bertz CT molecular complexity index is 1160. The molecule has 0 radical (unpaired) electrons. The molecule has 0 amide bonds. The van der Waals surface area contributed by atoms with Gasteiger partial charge in [0.05, 0.1) is 11.2 Å². The van der Waals surface area contributed by atoms with E-state index in [4.69, 9.17) is 4.65 Å². The molecule has 4 nitrogen and oxygen atoms in total. The Morgan fingerprint density at radius 1 is 0.828 bits per heavy atom. The molecule has 3 aromatic carbocycles. The van der Waals surface area contributed by atoms with Gasteiger partial charge in [-0.15, -0.1) is 0 Å². The number of H-pyrrole nitrogens is 1. The topological polar surface area (TPSA) is 65.5 Å². The second-order valence-corrected chi connectivity index (χ2v) is 8.56. The van der Waals surface area contributed by atoms with E-state index in [2.05, 4.69) is 17.1 Å². The Morgan fingerprint density at radius 2 is 1.48 bits per heavy atom. The zero-order chi connectivity index (χ0) is 20.8. The van der Waals surface area contributed by atoms with Crippen molar-refractivity contribution in [1.29, 1.82) is 0 Å². The van der Waals surface area contributed by atoms with Crippen LogP contribution in [-0.2, 0) is 4.65 Å². The van der Waals surface area contributed by atoms with E-state index in [1.807, 2.05) is 54.6 Å². The molecule has 3 N–H and O–H groups in total. The number of nitrogens with one attached hydrogen (secondary N) is 1. The summed E-state index contributed by atoms with van der Waals surface area (Å²) < 4.78 is 5.97. The van der Waals surface area contributed by atoms with E-state index in [0.29, 0.717) is 5.46 Å². The van der Waals surface area contributed by atoms with Crippen LogP contribution in [0.2, 0.25) is 0 Å². The normalized spacial score (nSPS) is 12.6. The lowest BCUT2D eigenvalue weighted by Crippen LogP contribution is -2.53. The highest BCUT2D eigenvalue weighted by Crippen LogP contribution is 2.31. The molecule has 0 atom stereocenters. The highest BCUT2D eigenvalue weighted by Gasteiger charge is 2.40. The summed E-state index contributed by atoms with van der Waals surface area (Å²) in [6.45, 7) is 6.91. The SMILES string of the molecule is CC(C)(O)C(C)(C)OB(O)c1cc(-c2ccccc2)cc2c1[nH]c1ccccc12. The van der Waals surface area contributed by atoms with Crippen LogP contribution >= 0.6 is 0 Å². The summed E-state index contributed by atoms with van der Waals surface area (Å²) in [5, 5.41) is 23.6. The fraction of sp³-hybridized carbons (Fsp3) is 0.250. The molecule has 0 aliphatic carbocycles. The maximum absolute atomic E-state index is 11.1. The second kappa shape index (κ2) is 7.03. The Kier molecular flexibility index (Phi) is 4.78.